The Kier molecular flexibility index (Phi) is 3.82. The van der Waals surface area contributed by atoms with E-state index in [1.54, 1.807) is 31.0 Å². The molecule has 20 heavy (non-hydrogen) atoms. The van der Waals surface area contributed by atoms with Gasteiger partial charge in [-0.3, -0.25) is 9.59 Å². The molecule has 0 bridgehead atoms. The highest BCUT2D eigenvalue weighted by atomic mass is 35.5. The predicted octanol–water partition coefficient (Wildman–Crippen LogP) is 2.07. The smallest absolute Gasteiger partial charge is 0.271 e. The van der Waals surface area contributed by atoms with Crippen LogP contribution in [0.15, 0.2) is 12.3 Å². The van der Waals surface area contributed by atoms with Crippen LogP contribution in [-0.2, 0) is 4.79 Å². The van der Waals surface area contributed by atoms with Crippen LogP contribution in [0.25, 0.3) is 0 Å². The highest BCUT2D eigenvalue weighted by Gasteiger charge is 2.41. The van der Waals surface area contributed by atoms with E-state index in [-0.39, 0.29) is 17.9 Å². The van der Waals surface area contributed by atoms with Gasteiger partial charge in [0.05, 0.1) is 5.02 Å². The van der Waals surface area contributed by atoms with Gasteiger partial charge in [-0.2, -0.15) is 0 Å². The number of nitrogens with zero attached hydrogens (tertiary/aromatic N) is 2. The van der Waals surface area contributed by atoms with Crippen LogP contribution in [0.3, 0.4) is 0 Å². The number of hydrogen-bond acceptors (Lipinski definition) is 2. The SMILES string of the molecule is CC(C)n1cc(Cl)cc1C(=O)N1CCNC(=O)C1(C)C. The molecule has 1 aromatic rings. The van der Waals surface area contributed by atoms with Crippen LogP contribution >= 0.6 is 11.6 Å². The molecule has 2 amide bonds. The summed E-state index contributed by atoms with van der Waals surface area (Å²) in [6, 6.07) is 1.79. The standard InChI is InChI=1S/C14H20ClN3O2/c1-9(2)17-8-10(15)7-11(17)12(19)18-6-5-16-13(20)14(18,3)4/h7-9H,5-6H2,1-4H3,(H,16,20). The normalized spacial score (nSPS) is 18.3. The van der Waals surface area contributed by atoms with Crippen LogP contribution in [0.4, 0.5) is 0 Å². The summed E-state index contributed by atoms with van der Waals surface area (Å²) >= 11 is 6.02. The Labute approximate surface area is 123 Å². The molecule has 0 atom stereocenters. The third-order valence-corrected chi connectivity index (χ3v) is 3.89. The van der Waals surface area contributed by atoms with Crippen molar-refractivity contribution >= 4 is 23.4 Å². The largest absolute Gasteiger partial charge is 0.352 e. The fourth-order valence-corrected chi connectivity index (χ4v) is 2.65. The van der Waals surface area contributed by atoms with Gasteiger partial charge in [0, 0.05) is 25.3 Å². The Bertz CT molecular complexity index is 549. The zero-order chi connectivity index (χ0) is 15.1. The van der Waals surface area contributed by atoms with Gasteiger partial charge in [0.15, 0.2) is 0 Å². The molecule has 6 heteroatoms. The van der Waals surface area contributed by atoms with Crippen molar-refractivity contribution in [2.24, 2.45) is 0 Å². The number of rotatable bonds is 2. The van der Waals surface area contributed by atoms with Gasteiger partial charge in [0.2, 0.25) is 5.91 Å². The van der Waals surface area contributed by atoms with E-state index in [4.69, 9.17) is 11.6 Å². The van der Waals surface area contributed by atoms with Crippen molar-refractivity contribution in [2.45, 2.75) is 39.3 Å². The van der Waals surface area contributed by atoms with Gasteiger partial charge in [0.1, 0.15) is 11.2 Å². The maximum Gasteiger partial charge on any atom is 0.271 e. The summed E-state index contributed by atoms with van der Waals surface area (Å²) in [5.74, 6) is -0.295. The Hall–Kier alpha value is -1.49. The highest BCUT2D eigenvalue weighted by molar-refractivity contribution is 6.31. The van der Waals surface area contributed by atoms with E-state index in [0.717, 1.165) is 0 Å². The van der Waals surface area contributed by atoms with Crippen LogP contribution in [0.1, 0.15) is 44.2 Å². The zero-order valence-corrected chi connectivity index (χ0v) is 13.0. The molecule has 0 radical (unpaired) electrons. The molecule has 5 nitrogen and oxygen atoms in total. The molecule has 0 saturated carbocycles. The second kappa shape index (κ2) is 5.13. The van der Waals surface area contributed by atoms with Crippen LogP contribution in [0.5, 0.6) is 0 Å². The first kappa shape index (κ1) is 14.9. The summed E-state index contributed by atoms with van der Waals surface area (Å²) in [6.45, 7) is 8.46. The lowest BCUT2D eigenvalue weighted by atomic mass is 9.98. The third kappa shape index (κ3) is 2.42. The van der Waals surface area contributed by atoms with Crippen LogP contribution in [-0.4, -0.2) is 39.9 Å². The second-order valence-electron chi connectivity index (χ2n) is 5.82. The Balaban J connectivity index is 2.38. The molecule has 1 fully saturated rings. The molecule has 2 rings (SSSR count). The number of amides is 2. The van der Waals surface area contributed by atoms with Gasteiger partial charge in [-0.1, -0.05) is 11.6 Å². The molecular formula is C14H20ClN3O2. The summed E-state index contributed by atoms with van der Waals surface area (Å²) in [4.78, 5) is 26.3. The van der Waals surface area contributed by atoms with E-state index in [1.165, 1.54) is 0 Å². The van der Waals surface area contributed by atoms with Crippen LogP contribution in [0, 0.1) is 0 Å². The molecule has 0 aromatic carbocycles. The fourth-order valence-electron chi connectivity index (χ4n) is 2.44. The van der Waals surface area contributed by atoms with Crippen molar-refractivity contribution in [3.63, 3.8) is 0 Å². The first-order valence-electron chi connectivity index (χ1n) is 6.72. The molecule has 110 valence electrons. The summed E-state index contributed by atoms with van der Waals surface area (Å²) in [6.07, 6.45) is 1.75. The lowest BCUT2D eigenvalue weighted by Gasteiger charge is -2.41. The number of aromatic nitrogens is 1. The monoisotopic (exact) mass is 297 g/mol. The average Bonchev–Trinajstić information content (AvgIpc) is 2.74. The maximum atomic E-state index is 12.8. The van der Waals surface area contributed by atoms with E-state index in [0.29, 0.717) is 23.8 Å². The lowest BCUT2D eigenvalue weighted by molar-refractivity contribution is -0.133. The third-order valence-electron chi connectivity index (χ3n) is 3.69. The molecule has 1 aromatic heterocycles. The van der Waals surface area contributed by atoms with E-state index in [2.05, 4.69) is 5.32 Å². The average molecular weight is 298 g/mol. The first-order chi connectivity index (χ1) is 9.25. The van der Waals surface area contributed by atoms with Crippen molar-refractivity contribution in [3.8, 4) is 0 Å². The number of halogens is 1. The van der Waals surface area contributed by atoms with E-state index < -0.39 is 5.54 Å². The molecule has 0 spiro atoms. The van der Waals surface area contributed by atoms with Crippen LogP contribution < -0.4 is 5.32 Å². The maximum absolute atomic E-state index is 12.8. The minimum atomic E-state index is -0.853. The van der Waals surface area contributed by atoms with Crippen molar-refractivity contribution in [1.82, 2.24) is 14.8 Å². The van der Waals surface area contributed by atoms with Gasteiger partial charge in [-0.05, 0) is 33.8 Å². The van der Waals surface area contributed by atoms with Crippen LogP contribution in [0.2, 0.25) is 5.02 Å². The van der Waals surface area contributed by atoms with E-state index >= 15 is 0 Å². The van der Waals surface area contributed by atoms with Gasteiger partial charge in [0.25, 0.3) is 5.91 Å². The number of piperazine rings is 1. The minimum absolute atomic E-state index is 0.128. The fraction of sp³-hybridized carbons (Fsp3) is 0.571. The molecule has 1 saturated heterocycles. The Morgan fingerprint density at radius 2 is 2.10 bits per heavy atom. The number of hydrogen-bond donors (Lipinski definition) is 1. The summed E-state index contributed by atoms with van der Waals surface area (Å²) in [5, 5.41) is 3.31. The molecule has 1 aliphatic rings. The molecule has 0 unspecified atom stereocenters. The molecule has 0 aliphatic carbocycles. The first-order valence-corrected chi connectivity index (χ1v) is 7.10. The van der Waals surface area contributed by atoms with Crippen molar-refractivity contribution in [2.75, 3.05) is 13.1 Å². The topological polar surface area (TPSA) is 54.3 Å². The van der Waals surface area contributed by atoms with Gasteiger partial charge in [-0.25, -0.2) is 0 Å². The second-order valence-corrected chi connectivity index (χ2v) is 6.25. The number of carbonyl (C=O) groups excluding carboxylic acids is 2. The Morgan fingerprint density at radius 1 is 1.45 bits per heavy atom. The molecular weight excluding hydrogens is 278 g/mol. The van der Waals surface area contributed by atoms with Gasteiger partial charge >= 0.3 is 0 Å². The Morgan fingerprint density at radius 3 is 2.70 bits per heavy atom. The summed E-state index contributed by atoms with van der Waals surface area (Å²) < 4.78 is 1.84. The van der Waals surface area contributed by atoms with Gasteiger partial charge in [-0.15, -0.1) is 0 Å². The summed E-state index contributed by atoms with van der Waals surface area (Å²) in [7, 11) is 0. The van der Waals surface area contributed by atoms with E-state index in [1.807, 2.05) is 18.4 Å². The quantitative estimate of drug-likeness (QED) is 0.908. The zero-order valence-electron chi connectivity index (χ0n) is 12.2. The van der Waals surface area contributed by atoms with Gasteiger partial charge < -0.3 is 14.8 Å². The molecule has 2 heterocycles. The molecule has 1 N–H and O–H groups in total. The number of carbonyl (C=O) groups is 2. The van der Waals surface area contributed by atoms with Crippen molar-refractivity contribution < 1.29 is 9.59 Å². The molecule has 1 aliphatic heterocycles. The highest BCUT2D eigenvalue weighted by Crippen LogP contribution is 2.25. The predicted molar refractivity (Wildman–Crippen MR) is 78.0 cm³/mol. The van der Waals surface area contributed by atoms with Crippen molar-refractivity contribution in [3.05, 3.63) is 23.0 Å². The lowest BCUT2D eigenvalue weighted by Crippen LogP contribution is -2.63. The van der Waals surface area contributed by atoms with Crippen molar-refractivity contribution in [1.29, 1.82) is 0 Å². The number of nitrogens with one attached hydrogen (secondary N) is 1. The minimum Gasteiger partial charge on any atom is -0.352 e. The van der Waals surface area contributed by atoms with E-state index in [9.17, 15) is 9.59 Å². The summed E-state index contributed by atoms with van der Waals surface area (Å²) in [5.41, 5.74) is -0.332.